The topological polar surface area (TPSA) is 62.2 Å². The smallest absolute Gasteiger partial charge is 0.127 e. The molecular weight excluding hydrogens is 378 g/mol. The Kier molecular flexibility index (Phi) is 8.02. The molecule has 0 aliphatic heterocycles. The first-order valence-electron chi connectivity index (χ1n) is 10.7. The van der Waals surface area contributed by atoms with Gasteiger partial charge in [0.2, 0.25) is 0 Å². The van der Waals surface area contributed by atoms with Crippen LogP contribution in [0.25, 0.3) is 0 Å². The summed E-state index contributed by atoms with van der Waals surface area (Å²) < 4.78 is 12.0. The highest BCUT2D eigenvalue weighted by Gasteiger charge is 2.19. The average Bonchev–Trinajstić information content (AvgIpc) is 2.69. The normalized spacial score (nSPS) is 11.4. The first kappa shape index (κ1) is 23.9. The Bertz CT molecular complexity index is 890. The summed E-state index contributed by atoms with van der Waals surface area (Å²) in [6.45, 7) is 16.4. The summed E-state index contributed by atoms with van der Waals surface area (Å²) in [4.78, 5) is 2.17. The van der Waals surface area contributed by atoms with E-state index < -0.39 is 0 Å². The summed E-state index contributed by atoms with van der Waals surface area (Å²) in [7, 11) is 2.04. The number of nitrogens with zero attached hydrogens (tertiary/aromatic N) is 1. The van der Waals surface area contributed by atoms with Crippen LogP contribution in [0.4, 0.5) is 0 Å². The minimum absolute atomic E-state index is 0.263. The van der Waals surface area contributed by atoms with Gasteiger partial charge in [0.15, 0.2) is 0 Å². The van der Waals surface area contributed by atoms with Gasteiger partial charge in [-0.1, -0.05) is 13.8 Å². The van der Waals surface area contributed by atoms with Gasteiger partial charge in [-0.15, -0.1) is 0 Å². The predicted octanol–water partition coefficient (Wildman–Crippen LogP) is 5.36. The number of hydrogen-bond acceptors (Lipinski definition) is 5. The van der Waals surface area contributed by atoms with Crippen LogP contribution in [0.3, 0.4) is 0 Å². The second-order valence-corrected chi connectivity index (χ2v) is 8.38. The maximum absolute atomic E-state index is 10.5. The fourth-order valence-electron chi connectivity index (χ4n) is 3.62. The number of phenols is 2. The van der Waals surface area contributed by atoms with Gasteiger partial charge in [-0.05, 0) is 82.0 Å². The fraction of sp³-hybridized carbons (Fsp3) is 0.520. The van der Waals surface area contributed by atoms with E-state index in [9.17, 15) is 10.2 Å². The van der Waals surface area contributed by atoms with Crippen LogP contribution in [0, 0.1) is 27.7 Å². The molecule has 2 aromatic carbocycles. The molecule has 0 fully saturated rings. The van der Waals surface area contributed by atoms with Gasteiger partial charge in [0.05, 0.1) is 6.61 Å². The highest BCUT2D eigenvalue weighted by molar-refractivity contribution is 5.57. The van der Waals surface area contributed by atoms with Gasteiger partial charge in [-0.25, -0.2) is 0 Å². The number of phenolic OH excluding ortho intramolecular Hbond substituents is 2. The van der Waals surface area contributed by atoms with E-state index in [-0.39, 0.29) is 5.92 Å². The molecule has 0 bridgehead atoms. The standard InChI is InChI=1S/C25H37NO4/c1-9-29-25-18(6)17(5)24(28)19(7)21(25)14-26(8)10-11-30-23-12-16(4)22(27)13-20(23)15(2)3/h12-13,15,27-28H,9-11,14H2,1-8H3. The molecule has 30 heavy (non-hydrogen) atoms. The van der Waals surface area contributed by atoms with Crippen LogP contribution in [-0.2, 0) is 6.54 Å². The van der Waals surface area contributed by atoms with Gasteiger partial charge in [0.25, 0.3) is 0 Å². The van der Waals surface area contributed by atoms with Crippen LogP contribution in [0.15, 0.2) is 12.1 Å². The second kappa shape index (κ2) is 10.1. The quantitative estimate of drug-likeness (QED) is 0.577. The zero-order chi connectivity index (χ0) is 22.6. The summed E-state index contributed by atoms with van der Waals surface area (Å²) in [6, 6.07) is 3.71. The zero-order valence-corrected chi connectivity index (χ0v) is 19.7. The van der Waals surface area contributed by atoms with Crippen molar-refractivity contribution in [1.29, 1.82) is 0 Å². The van der Waals surface area contributed by atoms with Crippen LogP contribution in [0.5, 0.6) is 23.0 Å². The highest BCUT2D eigenvalue weighted by atomic mass is 16.5. The van der Waals surface area contributed by atoms with Crippen LogP contribution in [0.2, 0.25) is 0 Å². The monoisotopic (exact) mass is 415 g/mol. The number of ether oxygens (including phenoxy) is 2. The summed E-state index contributed by atoms with van der Waals surface area (Å²) in [5, 5.41) is 20.5. The van der Waals surface area contributed by atoms with E-state index >= 15 is 0 Å². The van der Waals surface area contributed by atoms with Crippen LogP contribution >= 0.6 is 0 Å². The molecule has 0 heterocycles. The van der Waals surface area contributed by atoms with Crippen LogP contribution in [0.1, 0.15) is 60.1 Å². The summed E-state index contributed by atoms with van der Waals surface area (Å²) in [6.07, 6.45) is 0. The molecule has 166 valence electrons. The van der Waals surface area contributed by atoms with Crippen molar-refractivity contribution in [3.63, 3.8) is 0 Å². The van der Waals surface area contributed by atoms with Crippen LogP contribution < -0.4 is 9.47 Å². The molecular formula is C25H37NO4. The molecule has 0 radical (unpaired) electrons. The molecule has 5 heteroatoms. The molecule has 0 aliphatic carbocycles. The third-order valence-electron chi connectivity index (χ3n) is 5.74. The molecule has 2 rings (SSSR count). The van der Waals surface area contributed by atoms with Crippen LogP contribution in [-0.4, -0.2) is 41.9 Å². The molecule has 0 unspecified atom stereocenters. The summed E-state index contributed by atoms with van der Waals surface area (Å²) in [5.41, 5.74) is 5.56. The third kappa shape index (κ3) is 5.20. The van der Waals surface area contributed by atoms with Crippen molar-refractivity contribution in [3.05, 3.63) is 45.5 Å². The van der Waals surface area contributed by atoms with Gasteiger partial charge >= 0.3 is 0 Å². The van der Waals surface area contributed by atoms with Crippen molar-refractivity contribution in [2.24, 2.45) is 0 Å². The lowest BCUT2D eigenvalue weighted by Gasteiger charge is -2.24. The highest BCUT2D eigenvalue weighted by Crippen LogP contribution is 2.38. The molecule has 0 saturated carbocycles. The third-order valence-corrected chi connectivity index (χ3v) is 5.74. The first-order valence-corrected chi connectivity index (χ1v) is 10.7. The number of hydrogen-bond donors (Lipinski definition) is 2. The van der Waals surface area contributed by atoms with E-state index in [1.165, 1.54) is 0 Å². The lowest BCUT2D eigenvalue weighted by molar-refractivity contribution is 0.227. The van der Waals surface area contributed by atoms with Gasteiger partial charge in [-0.3, -0.25) is 4.90 Å². The Morgan fingerprint density at radius 1 is 0.967 bits per heavy atom. The van der Waals surface area contributed by atoms with Gasteiger partial charge in [0, 0.05) is 24.2 Å². The summed E-state index contributed by atoms with van der Waals surface area (Å²) >= 11 is 0. The minimum Gasteiger partial charge on any atom is -0.508 e. The van der Waals surface area contributed by atoms with Crippen molar-refractivity contribution in [2.75, 3.05) is 26.8 Å². The number of rotatable bonds is 9. The summed E-state index contributed by atoms with van der Waals surface area (Å²) in [5.74, 6) is 2.60. The Hall–Kier alpha value is -2.40. The van der Waals surface area contributed by atoms with Crippen molar-refractivity contribution < 1.29 is 19.7 Å². The molecule has 0 saturated heterocycles. The van der Waals surface area contributed by atoms with Crippen molar-refractivity contribution >= 4 is 0 Å². The maximum Gasteiger partial charge on any atom is 0.127 e. The fourth-order valence-corrected chi connectivity index (χ4v) is 3.62. The van der Waals surface area contributed by atoms with E-state index in [4.69, 9.17) is 9.47 Å². The SMILES string of the molecule is CCOc1c(C)c(C)c(O)c(C)c1CN(C)CCOc1cc(C)c(O)cc1C(C)C. The van der Waals surface area contributed by atoms with E-state index in [0.29, 0.717) is 31.3 Å². The molecule has 0 spiro atoms. The zero-order valence-electron chi connectivity index (χ0n) is 19.7. The van der Waals surface area contributed by atoms with Crippen molar-refractivity contribution in [1.82, 2.24) is 4.90 Å². The van der Waals surface area contributed by atoms with Gasteiger partial charge in [-0.2, -0.15) is 0 Å². The molecule has 0 aromatic heterocycles. The maximum atomic E-state index is 10.5. The molecule has 0 amide bonds. The lowest BCUT2D eigenvalue weighted by Crippen LogP contribution is -2.25. The molecule has 0 atom stereocenters. The van der Waals surface area contributed by atoms with Gasteiger partial charge < -0.3 is 19.7 Å². The number of benzene rings is 2. The van der Waals surface area contributed by atoms with E-state index in [0.717, 1.165) is 51.4 Å². The Morgan fingerprint density at radius 2 is 1.63 bits per heavy atom. The number of aryl methyl sites for hydroxylation is 1. The van der Waals surface area contributed by atoms with E-state index in [2.05, 4.69) is 18.7 Å². The molecule has 0 aliphatic rings. The van der Waals surface area contributed by atoms with E-state index in [1.54, 1.807) is 6.07 Å². The second-order valence-electron chi connectivity index (χ2n) is 8.38. The number of aromatic hydroxyl groups is 2. The Morgan fingerprint density at radius 3 is 2.23 bits per heavy atom. The van der Waals surface area contributed by atoms with Crippen molar-refractivity contribution in [2.45, 2.75) is 60.9 Å². The number of likely N-dealkylation sites (N-methyl/N-ethyl adjacent to an activating group) is 1. The first-order chi connectivity index (χ1) is 14.1. The van der Waals surface area contributed by atoms with E-state index in [1.807, 2.05) is 47.7 Å². The lowest BCUT2D eigenvalue weighted by atomic mass is 9.97. The predicted molar refractivity (Wildman–Crippen MR) is 122 cm³/mol. The largest absolute Gasteiger partial charge is 0.508 e. The molecule has 2 N–H and O–H groups in total. The van der Waals surface area contributed by atoms with Crippen molar-refractivity contribution in [3.8, 4) is 23.0 Å². The molecule has 2 aromatic rings. The Labute approximate surface area is 181 Å². The van der Waals surface area contributed by atoms with Gasteiger partial charge in [0.1, 0.15) is 29.6 Å². The Balaban J connectivity index is 2.13. The average molecular weight is 416 g/mol. The molecule has 5 nitrogen and oxygen atoms in total. The minimum atomic E-state index is 0.263.